The van der Waals surface area contributed by atoms with Crippen molar-refractivity contribution in [1.29, 1.82) is 0 Å². The number of hydrogen-bond acceptors (Lipinski definition) is 2. The third kappa shape index (κ3) is 5.26. The zero-order valence-corrected chi connectivity index (χ0v) is 12.1. The first-order chi connectivity index (χ1) is 9.77. The summed E-state index contributed by atoms with van der Waals surface area (Å²) < 4.78 is 37.3. The number of urea groups is 1. The molecule has 1 unspecified atom stereocenters. The Morgan fingerprint density at radius 2 is 1.90 bits per heavy atom. The summed E-state index contributed by atoms with van der Waals surface area (Å²) in [7, 11) is 0. The van der Waals surface area contributed by atoms with Crippen molar-refractivity contribution < 1.29 is 18.0 Å². The zero-order chi connectivity index (χ0) is 16.0. The van der Waals surface area contributed by atoms with Crippen LogP contribution in [-0.4, -0.2) is 30.6 Å². The lowest BCUT2D eigenvalue weighted by Gasteiger charge is -2.24. The van der Waals surface area contributed by atoms with E-state index in [0.29, 0.717) is 25.3 Å². The molecule has 3 N–H and O–H groups in total. The monoisotopic (exact) mass is 303 g/mol. The predicted octanol–water partition coefficient (Wildman–Crippen LogP) is 3.15. The lowest BCUT2D eigenvalue weighted by Crippen LogP contribution is -2.39. The smallest absolute Gasteiger partial charge is 0.330 e. The van der Waals surface area contributed by atoms with Crippen LogP contribution in [0.4, 0.5) is 23.7 Å². The van der Waals surface area contributed by atoms with Crippen molar-refractivity contribution in [3.05, 3.63) is 29.8 Å². The molecule has 0 heterocycles. The number of rotatable bonds is 5. The van der Waals surface area contributed by atoms with Gasteiger partial charge in [-0.2, -0.15) is 13.2 Å². The number of carbonyl (C=O) groups is 1. The maximum Gasteiger partial charge on any atom is 0.416 e. The van der Waals surface area contributed by atoms with Crippen molar-refractivity contribution in [2.45, 2.75) is 20.0 Å². The molecule has 21 heavy (non-hydrogen) atoms. The summed E-state index contributed by atoms with van der Waals surface area (Å²) >= 11 is 0. The standard InChI is InChI=1S/C14H20F3N3O/c1-3-20(9-10(2)8-18)13(21)19-12-6-4-11(5-7-12)14(15,16)17/h4-7,10H,3,8-9,18H2,1-2H3,(H,19,21). The van der Waals surface area contributed by atoms with Crippen LogP contribution in [0.1, 0.15) is 19.4 Å². The number of carbonyl (C=O) groups excluding carboxylic acids is 1. The van der Waals surface area contributed by atoms with Crippen LogP contribution >= 0.6 is 0 Å². The lowest BCUT2D eigenvalue weighted by molar-refractivity contribution is -0.137. The van der Waals surface area contributed by atoms with Crippen LogP contribution in [0.5, 0.6) is 0 Å². The van der Waals surface area contributed by atoms with Gasteiger partial charge in [0.2, 0.25) is 0 Å². The van der Waals surface area contributed by atoms with Gasteiger partial charge in [-0.05, 0) is 43.7 Å². The number of nitrogens with one attached hydrogen (secondary N) is 1. The molecule has 0 radical (unpaired) electrons. The predicted molar refractivity (Wildman–Crippen MR) is 75.9 cm³/mol. The van der Waals surface area contributed by atoms with E-state index >= 15 is 0 Å². The minimum atomic E-state index is -4.38. The third-order valence-corrected chi connectivity index (χ3v) is 3.07. The Hall–Kier alpha value is -1.76. The lowest BCUT2D eigenvalue weighted by atomic mass is 10.2. The maximum absolute atomic E-state index is 12.4. The molecule has 118 valence electrons. The molecule has 1 rings (SSSR count). The Morgan fingerprint density at radius 1 is 1.33 bits per heavy atom. The van der Waals surface area contributed by atoms with Crippen molar-refractivity contribution in [2.75, 3.05) is 25.0 Å². The molecule has 1 aromatic carbocycles. The van der Waals surface area contributed by atoms with Crippen molar-refractivity contribution in [2.24, 2.45) is 11.7 Å². The van der Waals surface area contributed by atoms with Gasteiger partial charge in [-0.3, -0.25) is 0 Å². The molecule has 0 aliphatic heterocycles. The van der Waals surface area contributed by atoms with Crippen LogP contribution in [0.2, 0.25) is 0 Å². The van der Waals surface area contributed by atoms with Crippen LogP contribution in [0.15, 0.2) is 24.3 Å². The highest BCUT2D eigenvalue weighted by Crippen LogP contribution is 2.29. The number of nitrogens with zero attached hydrogens (tertiary/aromatic N) is 1. The molecule has 0 aliphatic rings. The molecule has 1 atom stereocenters. The van der Waals surface area contributed by atoms with Crippen molar-refractivity contribution in [1.82, 2.24) is 4.90 Å². The van der Waals surface area contributed by atoms with Crippen LogP contribution < -0.4 is 11.1 Å². The number of hydrogen-bond donors (Lipinski definition) is 2. The molecule has 4 nitrogen and oxygen atoms in total. The van der Waals surface area contributed by atoms with Crippen molar-refractivity contribution in [3.8, 4) is 0 Å². The van der Waals surface area contributed by atoms with E-state index in [2.05, 4.69) is 5.32 Å². The summed E-state index contributed by atoms with van der Waals surface area (Å²) in [6.07, 6.45) is -4.38. The van der Waals surface area contributed by atoms with Gasteiger partial charge in [0.25, 0.3) is 0 Å². The summed E-state index contributed by atoms with van der Waals surface area (Å²) in [4.78, 5) is 13.6. The van der Waals surface area contributed by atoms with E-state index in [0.717, 1.165) is 12.1 Å². The fourth-order valence-corrected chi connectivity index (χ4v) is 1.75. The molecule has 0 fully saturated rings. The Balaban J connectivity index is 2.69. The SMILES string of the molecule is CCN(CC(C)CN)C(=O)Nc1ccc(C(F)(F)F)cc1. The van der Waals surface area contributed by atoms with Gasteiger partial charge in [-0.15, -0.1) is 0 Å². The average Bonchev–Trinajstić information content (AvgIpc) is 2.43. The van der Waals surface area contributed by atoms with Crippen LogP contribution in [0.3, 0.4) is 0 Å². The molecule has 0 aliphatic carbocycles. The minimum absolute atomic E-state index is 0.156. The summed E-state index contributed by atoms with van der Waals surface area (Å²) in [6, 6.07) is 4.00. The molecule has 2 amide bonds. The fraction of sp³-hybridized carbons (Fsp3) is 0.500. The van der Waals surface area contributed by atoms with E-state index in [1.54, 1.807) is 4.90 Å². The molecule has 0 saturated heterocycles. The average molecular weight is 303 g/mol. The van der Waals surface area contributed by atoms with E-state index in [1.807, 2.05) is 13.8 Å². The Kier molecular flexibility index (Phi) is 6.02. The summed E-state index contributed by atoms with van der Waals surface area (Å²) in [5.41, 5.74) is 5.10. The molecule has 1 aromatic rings. The summed E-state index contributed by atoms with van der Waals surface area (Å²) in [5.74, 6) is 0.156. The number of alkyl halides is 3. The van der Waals surface area contributed by atoms with Gasteiger partial charge in [-0.25, -0.2) is 4.79 Å². The van der Waals surface area contributed by atoms with Gasteiger partial charge in [0.05, 0.1) is 5.56 Å². The van der Waals surface area contributed by atoms with E-state index < -0.39 is 11.7 Å². The molecular formula is C14H20F3N3O. The second-order valence-corrected chi connectivity index (χ2v) is 4.88. The number of halogens is 3. The van der Waals surface area contributed by atoms with Gasteiger partial charge < -0.3 is 16.0 Å². The van der Waals surface area contributed by atoms with E-state index in [1.165, 1.54) is 12.1 Å². The largest absolute Gasteiger partial charge is 0.416 e. The molecule has 7 heteroatoms. The fourth-order valence-electron chi connectivity index (χ4n) is 1.75. The van der Waals surface area contributed by atoms with Gasteiger partial charge in [-0.1, -0.05) is 6.92 Å². The highest BCUT2D eigenvalue weighted by Gasteiger charge is 2.30. The van der Waals surface area contributed by atoms with Crippen LogP contribution in [-0.2, 0) is 6.18 Å². The first-order valence-corrected chi connectivity index (χ1v) is 6.71. The minimum Gasteiger partial charge on any atom is -0.330 e. The Morgan fingerprint density at radius 3 is 2.33 bits per heavy atom. The number of nitrogens with two attached hydrogens (primary N) is 1. The topological polar surface area (TPSA) is 58.4 Å². The van der Waals surface area contributed by atoms with E-state index in [4.69, 9.17) is 5.73 Å². The van der Waals surface area contributed by atoms with Gasteiger partial charge in [0, 0.05) is 18.8 Å². The normalized spacial score (nSPS) is 12.9. The summed E-state index contributed by atoms with van der Waals surface area (Å²) in [6.45, 7) is 5.21. The second-order valence-electron chi connectivity index (χ2n) is 4.88. The Bertz CT molecular complexity index is 460. The first kappa shape index (κ1) is 17.3. The third-order valence-electron chi connectivity index (χ3n) is 3.07. The molecule has 0 spiro atoms. The van der Waals surface area contributed by atoms with Crippen molar-refractivity contribution in [3.63, 3.8) is 0 Å². The number of anilines is 1. The van der Waals surface area contributed by atoms with E-state index in [9.17, 15) is 18.0 Å². The Labute approximate surface area is 122 Å². The van der Waals surface area contributed by atoms with Gasteiger partial charge in [0.1, 0.15) is 0 Å². The second kappa shape index (κ2) is 7.31. The number of benzene rings is 1. The van der Waals surface area contributed by atoms with Crippen LogP contribution in [0, 0.1) is 5.92 Å². The highest BCUT2D eigenvalue weighted by atomic mass is 19.4. The molecular weight excluding hydrogens is 283 g/mol. The van der Waals surface area contributed by atoms with E-state index in [-0.39, 0.29) is 11.9 Å². The maximum atomic E-state index is 12.4. The highest BCUT2D eigenvalue weighted by molar-refractivity contribution is 5.89. The quantitative estimate of drug-likeness (QED) is 0.878. The van der Waals surface area contributed by atoms with Crippen molar-refractivity contribution >= 4 is 11.7 Å². The first-order valence-electron chi connectivity index (χ1n) is 6.71. The zero-order valence-electron chi connectivity index (χ0n) is 12.1. The molecule has 0 bridgehead atoms. The van der Waals surface area contributed by atoms with Gasteiger partial charge >= 0.3 is 12.2 Å². The molecule has 0 aromatic heterocycles. The van der Waals surface area contributed by atoms with Crippen LogP contribution in [0.25, 0.3) is 0 Å². The number of amides is 2. The van der Waals surface area contributed by atoms with Gasteiger partial charge in [0.15, 0.2) is 0 Å². The summed E-state index contributed by atoms with van der Waals surface area (Å²) in [5, 5.41) is 2.58. The molecule has 0 saturated carbocycles.